The Bertz CT molecular complexity index is 816. The lowest BCUT2D eigenvalue weighted by atomic mass is 9.97. The third-order valence-corrected chi connectivity index (χ3v) is 3.95. The molecule has 7 heteroatoms. The molecule has 3 aromatic rings. The molecule has 0 saturated heterocycles. The molecule has 128 valence electrons. The van der Waals surface area contributed by atoms with Crippen LogP contribution in [-0.4, -0.2) is 21.4 Å². The number of carbonyl (C=O) groups excluding carboxylic acids is 1. The molecule has 0 radical (unpaired) electrons. The third-order valence-electron chi connectivity index (χ3n) is 3.95. The van der Waals surface area contributed by atoms with Crippen molar-refractivity contribution in [2.75, 3.05) is 5.32 Å². The fraction of sp³-hybridized carbons (Fsp3) is 0.222. The van der Waals surface area contributed by atoms with Crippen molar-refractivity contribution in [2.24, 2.45) is 0 Å². The number of aromatic nitrogens is 4. The summed E-state index contributed by atoms with van der Waals surface area (Å²) < 4.78 is 13.1. The van der Waals surface area contributed by atoms with Gasteiger partial charge in [0.15, 0.2) is 0 Å². The van der Waals surface area contributed by atoms with Crippen LogP contribution in [0.1, 0.15) is 29.8 Å². The largest absolute Gasteiger partial charge is 0.335 e. The van der Waals surface area contributed by atoms with Gasteiger partial charge in [0.25, 0.3) is 0 Å². The number of carbonyl (C=O) groups is 1. The van der Waals surface area contributed by atoms with Gasteiger partial charge in [-0.3, -0.25) is 15.1 Å². The lowest BCUT2D eigenvalue weighted by molar-refractivity contribution is -0.117. The Morgan fingerprint density at radius 2 is 1.80 bits per heavy atom. The molecule has 0 spiro atoms. The smallest absolute Gasteiger partial charge is 0.232 e. The van der Waals surface area contributed by atoms with Crippen molar-refractivity contribution in [3.05, 3.63) is 71.3 Å². The molecule has 0 unspecified atom stereocenters. The van der Waals surface area contributed by atoms with Crippen LogP contribution in [0.5, 0.6) is 0 Å². The molecule has 1 N–H and O–H groups in total. The second-order valence-corrected chi connectivity index (χ2v) is 5.66. The Kier molecular flexibility index (Phi) is 5.13. The van der Waals surface area contributed by atoms with Gasteiger partial charge in [-0.1, -0.05) is 31.2 Å². The van der Waals surface area contributed by atoms with Crippen molar-refractivity contribution in [2.45, 2.75) is 25.7 Å². The number of halogens is 1. The van der Waals surface area contributed by atoms with Crippen molar-refractivity contribution in [1.82, 2.24) is 20.6 Å². The maximum absolute atomic E-state index is 13.1. The van der Waals surface area contributed by atoms with E-state index >= 15 is 0 Å². The van der Waals surface area contributed by atoms with E-state index in [0.717, 1.165) is 12.0 Å². The molecular formula is C18H17FN5O-. The number of benzene rings is 2. The Balaban J connectivity index is 1.78. The van der Waals surface area contributed by atoms with Crippen LogP contribution in [0.3, 0.4) is 0 Å². The van der Waals surface area contributed by atoms with Crippen LogP contribution in [-0.2, 0) is 17.6 Å². The molecule has 1 heterocycles. The monoisotopic (exact) mass is 338 g/mol. The highest BCUT2D eigenvalue weighted by Crippen LogP contribution is 2.20. The second kappa shape index (κ2) is 7.65. The van der Waals surface area contributed by atoms with Crippen molar-refractivity contribution in [3.63, 3.8) is 0 Å². The fourth-order valence-corrected chi connectivity index (χ4v) is 2.50. The van der Waals surface area contributed by atoms with Gasteiger partial charge in [-0.05, 0) is 48.2 Å². The Morgan fingerprint density at radius 1 is 1.12 bits per heavy atom. The molecule has 0 aliphatic heterocycles. The molecule has 2 aromatic carbocycles. The number of nitrogens with one attached hydrogen (secondary N) is 1. The van der Waals surface area contributed by atoms with E-state index in [1.165, 1.54) is 17.7 Å². The van der Waals surface area contributed by atoms with Crippen LogP contribution in [0.25, 0.3) is 0 Å². The second-order valence-electron chi connectivity index (χ2n) is 5.66. The van der Waals surface area contributed by atoms with Crippen molar-refractivity contribution < 1.29 is 9.18 Å². The van der Waals surface area contributed by atoms with Crippen LogP contribution in [0.15, 0.2) is 48.5 Å². The summed E-state index contributed by atoms with van der Waals surface area (Å²) in [6.45, 7) is 2.07. The predicted molar refractivity (Wildman–Crippen MR) is 90.4 cm³/mol. The summed E-state index contributed by atoms with van der Waals surface area (Å²) in [5.41, 5.74) is 2.68. The van der Waals surface area contributed by atoms with Gasteiger partial charge in [0, 0.05) is 11.5 Å². The predicted octanol–water partition coefficient (Wildman–Crippen LogP) is 2.50. The zero-order valence-electron chi connectivity index (χ0n) is 13.7. The minimum Gasteiger partial charge on any atom is -0.335 e. The molecular weight excluding hydrogens is 321 g/mol. The zero-order chi connectivity index (χ0) is 17.6. The van der Waals surface area contributed by atoms with Crippen molar-refractivity contribution in [1.29, 1.82) is 0 Å². The summed E-state index contributed by atoms with van der Waals surface area (Å²) in [5.74, 6) is -1.00. The van der Waals surface area contributed by atoms with E-state index in [4.69, 9.17) is 0 Å². The third kappa shape index (κ3) is 4.26. The summed E-state index contributed by atoms with van der Waals surface area (Å²) in [5, 5.41) is 17.4. The molecule has 3 rings (SSSR count). The standard InChI is InChI=1S/C18H18FN5O/c1-2-12-5-9-15(10-6-12)20-18(25)16(17-21-23-24-22-17)11-13-3-7-14(19)8-4-13/h3-10,16H,2,11H2,1H3,(H2,20,21,22,23,24,25)/p-1/t16-/m0/s1. The van der Waals surface area contributed by atoms with Crippen LogP contribution in [0.4, 0.5) is 10.1 Å². The normalized spacial score (nSPS) is 11.9. The maximum atomic E-state index is 13.1. The van der Waals surface area contributed by atoms with Gasteiger partial charge in [-0.25, -0.2) is 4.39 Å². The number of hydrogen-bond donors (Lipinski definition) is 1. The lowest BCUT2D eigenvalue weighted by Gasteiger charge is -2.17. The van der Waals surface area contributed by atoms with E-state index in [0.29, 0.717) is 12.1 Å². The van der Waals surface area contributed by atoms with Crippen LogP contribution in [0.2, 0.25) is 0 Å². The first-order valence-electron chi connectivity index (χ1n) is 7.98. The average molecular weight is 338 g/mol. The summed E-state index contributed by atoms with van der Waals surface area (Å²) in [7, 11) is 0. The van der Waals surface area contributed by atoms with E-state index in [9.17, 15) is 9.18 Å². The number of hydrogen-bond acceptors (Lipinski definition) is 4. The highest BCUT2D eigenvalue weighted by molar-refractivity contribution is 5.95. The molecule has 0 aliphatic rings. The minimum absolute atomic E-state index is 0.243. The van der Waals surface area contributed by atoms with Crippen LogP contribution >= 0.6 is 0 Å². The van der Waals surface area contributed by atoms with Gasteiger partial charge in [0.2, 0.25) is 5.91 Å². The average Bonchev–Trinajstić information content (AvgIpc) is 3.16. The van der Waals surface area contributed by atoms with E-state index in [1.807, 2.05) is 24.3 Å². The lowest BCUT2D eigenvalue weighted by Crippen LogP contribution is -2.24. The Hall–Kier alpha value is -3.09. The number of nitrogens with zero attached hydrogens (tertiary/aromatic N) is 4. The number of tetrazole rings is 1. The highest BCUT2D eigenvalue weighted by atomic mass is 19.1. The number of anilines is 1. The molecule has 25 heavy (non-hydrogen) atoms. The molecule has 0 saturated carbocycles. The van der Waals surface area contributed by atoms with Crippen LogP contribution < -0.4 is 10.4 Å². The topological polar surface area (TPSA) is 81.9 Å². The summed E-state index contributed by atoms with van der Waals surface area (Å²) in [6.07, 6.45) is 1.26. The van der Waals surface area contributed by atoms with Crippen molar-refractivity contribution in [3.8, 4) is 0 Å². The van der Waals surface area contributed by atoms with E-state index in [1.54, 1.807) is 12.1 Å². The molecule has 1 amide bonds. The first-order chi connectivity index (χ1) is 12.2. The fourth-order valence-electron chi connectivity index (χ4n) is 2.50. The van der Waals surface area contributed by atoms with Gasteiger partial charge in [0.05, 0.1) is 5.92 Å². The Labute approximate surface area is 144 Å². The van der Waals surface area contributed by atoms with Gasteiger partial charge in [-0.2, -0.15) is 5.21 Å². The molecule has 0 bridgehead atoms. The molecule has 0 fully saturated rings. The molecule has 0 aliphatic carbocycles. The quantitative estimate of drug-likeness (QED) is 0.747. The van der Waals surface area contributed by atoms with Gasteiger partial charge in [0.1, 0.15) is 5.82 Å². The molecule has 1 atom stereocenters. The zero-order valence-corrected chi connectivity index (χ0v) is 13.7. The maximum Gasteiger partial charge on any atom is 0.232 e. The van der Waals surface area contributed by atoms with Crippen LogP contribution in [0, 0.1) is 5.82 Å². The summed E-state index contributed by atoms with van der Waals surface area (Å²) in [6, 6.07) is 13.6. The van der Waals surface area contributed by atoms with Crippen molar-refractivity contribution >= 4 is 11.6 Å². The van der Waals surface area contributed by atoms with E-state index in [-0.39, 0.29) is 17.5 Å². The summed E-state index contributed by atoms with van der Waals surface area (Å²) in [4.78, 5) is 12.7. The van der Waals surface area contributed by atoms with E-state index in [2.05, 4.69) is 32.9 Å². The number of aryl methyl sites for hydroxylation is 1. The SMILES string of the molecule is CCc1ccc(NC(=O)[C@@H](Cc2ccc(F)cc2)c2nnn[n-]2)cc1. The minimum atomic E-state index is -0.661. The van der Waals surface area contributed by atoms with Gasteiger partial charge < -0.3 is 10.4 Å². The summed E-state index contributed by atoms with van der Waals surface area (Å²) >= 11 is 0. The highest BCUT2D eigenvalue weighted by Gasteiger charge is 2.21. The molecule has 1 aromatic heterocycles. The first kappa shape index (κ1) is 16.8. The van der Waals surface area contributed by atoms with Gasteiger partial charge in [-0.15, -0.1) is 0 Å². The number of amides is 1. The van der Waals surface area contributed by atoms with Gasteiger partial charge >= 0.3 is 0 Å². The number of rotatable bonds is 6. The van der Waals surface area contributed by atoms with E-state index < -0.39 is 5.92 Å². The first-order valence-corrected chi connectivity index (χ1v) is 7.98. The molecule has 6 nitrogen and oxygen atoms in total. The Morgan fingerprint density at radius 3 is 2.40 bits per heavy atom.